The van der Waals surface area contributed by atoms with Crippen molar-refractivity contribution in [1.82, 2.24) is 9.61 Å². The van der Waals surface area contributed by atoms with Crippen LogP contribution >= 0.6 is 0 Å². The van der Waals surface area contributed by atoms with Gasteiger partial charge in [-0.25, -0.2) is 4.52 Å². The maximum absolute atomic E-state index is 11.0. The highest BCUT2D eigenvalue weighted by atomic mass is 16.5. The molecule has 0 aliphatic rings. The highest BCUT2D eigenvalue weighted by Gasteiger charge is 2.10. The molecular weight excluding hydrogens is 206 g/mol. The van der Waals surface area contributed by atoms with Crippen LogP contribution in [-0.4, -0.2) is 22.6 Å². The quantitative estimate of drug-likeness (QED) is 0.836. The zero-order valence-corrected chi connectivity index (χ0v) is 8.80. The number of pyridine rings is 1. The van der Waals surface area contributed by atoms with Gasteiger partial charge in [-0.2, -0.15) is 5.10 Å². The second-order valence-corrected chi connectivity index (χ2v) is 3.27. The number of hydrogen-bond acceptors (Lipinski definition) is 3. The van der Waals surface area contributed by atoms with E-state index in [1.165, 1.54) is 11.6 Å². The van der Waals surface area contributed by atoms with E-state index in [0.29, 0.717) is 5.88 Å². The molecular formula is C11H11N3O2. The lowest BCUT2D eigenvalue weighted by Crippen LogP contribution is -2.11. The smallest absolute Gasteiger partial charge is 0.269 e. The molecule has 5 heteroatoms. The van der Waals surface area contributed by atoms with Gasteiger partial charge < -0.3 is 10.5 Å². The Hall–Kier alpha value is -2.30. The fourth-order valence-corrected chi connectivity index (χ4v) is 1.47. The molecule has 0 saturated heterocycles. The van der Waals surface area contributed by atoms with Crippen LogP contribution in [0.5, 0.6) is 5.88 Å². The fourth-order valence-electron chi connectivity index (χ4n) is 1.47. The largest absolute Gasteiger partial charge is 0.481 e. The lowest BCUT2D eigenvalue weighted by molar-refractivity contribution is 0.0995. The molecule has 0 fully saturated rings. The lowest BCUT2D eigenvalue weighted by atomic mass is 10.2. The summed E-state index contributed by atoms with van der Waals surface area (Å²) in [6.07, 6.45) is 1.69. The van der Waals surface area contributed by atoms with E-state index in [1.807, 2.05) is 6.07 Å². The van der Waals surface area contributed by atoms with Crippen LogP contribution in [0.1, 0.15) is 16.1 Å². The highest BCUT2D eigenvalue weighted by Crippen LogP contribution is 2.19. The van der Waals surface area contributed by atoms with E-state index in [4.69, 9.17) is 10.5 Å². The molecule has 0 aliphatic heterocycles. The van der Waals surface area contributed by atoms with Gasteiger partial charge in [0.1, 0.15) is 0 Å². The van der Waals surface area contributed by atoms with Gasteiger partial charge in [-0.1, -0.05) is 12.7 Å². The molecule has 0 spiro atoms. The fraction of sp³-hybridized carbons (Fsp3) is 0.0909. The maximum atomic E-state index is 11.0. The molecule has 0 aromatic carbocycles. The third kappa shape index (κ3) is 1.52. The number of methoxy groups -OCH3 is 1. The van der Waals surface area contributed by atoms with Crippen molar-refractivity contribution in [3.05, 3.63) is 36.0 Å². The van der Waals surface area contributed by atoms with Crippen LogP contribution in [0, 0.1) is 0 Å². The van der Waals surface area contributed by atoms with Crippen LogP contribution < -0.4 is 10.5 Å². The van der Waals surface area contributed by atoms with Crippen LogP contribution in [0.15, 0.2) is 24.8 Å². The molecule has 0 saturated carbocycles. The summed E-state index contributed by atoms with van der Waals surface area (Å²) in [6.45, 7) is 3.68. The van der Waals surface area contributed by atoms with Crippen molar-refractivity contribution in [2.24, 2.45) is 5.73 Å². The monoisotopic (exact) mass is 217 g/mol. The van der Waals surface area contributed by atoms with E-state index in [9.17, 15) is 4.79 Å². The SMILES string of the molecule is C=Cc1cc(OC)n2nc(C(N)=O)cc2c1. The average Bonchev–Trinajstić information content (AvgIpc) is 2.71. The first-order valence-corrected chi connectivity index (χ1v) is 4.65. The summed E-state index contributed by atoms with van der Waals surface area (Å²) >= 11 is 0. The zero-order valence-electron chi connectivity index (χ0n) is 8.80. The van der Waals surface area contributed by atoms with Crippen LogP contribution in [0.25, 0.3) is 11.6 Å². The van der Waals surface area contributed by atoms with Gasteiger partial charge in [0.25, 0.3) is 5.91 Å². The Morgan fingerprint density at radius 1 is 1.56 bits per heavy atom. The molecule has 2 aromatic rings. The number of nitrogens with two attached hydrogens (primary N) is 1. The van der Waals surface area contributed by atoms with Gasteiger partial charge in [0.15, 0.2) is 5.69 Å². The second-order valence-electron chi connectivity index (χ2n) is 3.27. The van der Waals surface area contributed by atoms with E-state index < -0.39 is 5.91 Å². The highest BCUT2D eigenvalue weighted by molar-refractivity contribution is 5.92. The number of rotatable bonds is 3. The topological polar surface area (TPSA) is 69.6 Å². The zero-order chi connectivity index (χ0) is 11.7. The lowest BCUT2D eigenvalue weighted by Gasteiger charge is -2.04. The first-order valence-electron chi connectivity index (χ1n) is 4.65. The van der Waals surface area contributed by atoms with Crippen molar-refractivity contribution in [1.29, 1.82) is 0 Å². The van der Waals surface area contributed by atoms with Gasteiger partial charge in [0.05, 0.1) is 12.6 Å². The molecule has 2 aromatic heterocycles. The third-order valence-corrected chi connectivity index (χ3v) is 2.25. The van der Waals surface area contributed by atoms with E-state index in [-0.39, 0.29) is 5.69 Å². The minimum absolute atomic E-state index is 0.208. The number of ether oxygens (including phenoxy) is 1. The average molecular weight is 217 g/mol. The van der Waals surface area contributed by atoms with Crippen molar-refractivity contribution in [3.8, 4) is 5.88 Å². The van der Waals surface area contributed by atoms with Gasteiger partial charge in [-0.05, 0) is 17.7 Å². The van der Waals surface area contributed by atoms with Crippen LogP contribution in [0.2, 0.25) is 0 Å². The third-order valence-electron chi connectivity index (χ3n) is 2.25. The molecule has 0 atom stereocenters. The van der Waals surface area contributed by atoms with E-state index >= 15 is 0 Å². The summed E-state index contributed by atoms with van der Waals surface area (Å²) < 4.78 is 6.68. The van der Waals surface area contributed by atoms with Crippen LogP contribution in [0.4, 0.5) is 0 Å². The summed E-state index contributed by atoms with van der Waals surface area (Å²) in [5.41, 5.74) is 7.00. The molecule has 82 valence electrons. The first-order chi connectivity index (χ1) is 7.65. The number of aromatic nitrogens is 2. The molecule has 0 bridgehead atoms. The molecule has 1 amide bonds. The van der Waals surface area contributed by atoms with Gasteiger partial charge >= 0.3 is 0 Å². The van der Waals surface area contributed by atoms with E-state index in [2.05, 4.69) is 11.7 Å². The minimum atomic E-state index is -0.564. The van der Waals surface area contributed by atoms with Crippen molar-refractivity contribution < 1.29 is 9.53 Å². The Balaban J connectivity index is 2.74. The Labute approximate surface area is 92.1 Å². The molecule has 0 aliphatic carbocycles. The summed E-state index contributed by atoms with van der Waals surface area (Å²) in [7, 11) is 1.53. The van der Waals surface area contributed by atoms with Crippen molar-refractivity contribution in [3.63, 3.8) is 0 Å². The van der Waals surface area contributed by atoms with Gasteiger partial charge in [0.2, 0.25) is 5.88 Å². The van der Waals surface area contributed by atoms with Crippen molar-refractivity contribution in [2.45, 2.75) is 0 Å². The number of carbonyl (C=O) groups excluding carboxylic acids is 1. The molecule has 2 rings (SSSR count). The normalized spacial score (nSPS) is 10.3. The van der Waals surface area contributed by atoms with Gasteiger partial charge in [0, 0.05) is 6.07 Å². The number of carbonyl (C=O) groups is 1. The van der Waals surface area contributed by atoms with Gasteiger partial charge in [-0.15, -0.1) is 0 Å². The summed E-state index contributed by atoms with van der Waals surface area (Å²) in [5.74, 6) is -0.0363. The predicted octanol–water partition coefficient (Wildman–Crippen LogP) is 1.08. The first kappa shape index (κ1) is 10.2. The van der Waals surface area contributed by atoms with Gasteiger partial charge in [-0.3, -0.25) is 4.79 Å². The predicted molar refractivity (Wildman–Crippen MR) is 60.4 cm³/mol. The summed E-state index contributed by atoms with van der Waals surface area (Å²) in [6, 6.07) is 5.23. The Morgan fingerprint density at radius 2 is 2.31 bits per heavy atom. The molecule has 0 radical (unpaired) electrons. The number of amides is 1. The summed E-state index contributed by atoms with van der Waals surface area (Å²) in [5, 5.41) is 4.04. The van der Waals surface area contributed by atoms with Crippen molar-refractivity contribution >= 4 is 17.5 Å². The Bertz CT molecular complexity index is 572. The maximum Gasteiger partial charge on any atom is 0.269 e. The number of hydrogen-bond donors (Lipinski definition) is 1. The molecule has 5 nitrogen and oxygen atoms in total. The molecule has 16 heavy (non-hydrogen) atoms. The van der Waals surface area contributed by atoms with Crippen molar-refractivity contribution in [2.75, 3.05) is 7.11 Å². The van der Waals surface area contributed by atoms with Crippen LogP contribution in [-0.2, 0) is 0 Å². The van der Waals surface area contributed by atoms with E-state index in [1.54, 1.807) is 18.2 Å². The number of primary amides is 1. The molecule has 0 unspecified atom stereocenters. The molecule has 2 heterocycles. The molecule has 2 N–H and O–H groups in total. The standard InChI is InChI=1S/C11H11N3O2/c1-3-7-4-8-6-9(11(12)15)13-14(8)10(5-7)16-2/h3-6H,1H2,2H3,(H2,12,15). The van der Waals surface area contributed by atoms with E-state index in [0.717, 1.165) is 11.1 Å². The van der Waals surface area contributed by atoms with Crippen LogP contribution in [0.3, 0.4) is 0 Å². The second kappa shape index (κ2) is 3.69. The Kier molecular flexibility index (Phi) is 2.36. The number of fused-ring (bicyclic) bond motifs is 1. The Morgan fingerprint density at radius 3 is 2.88 bits per heavy atom. The summed E-state index contributed by atoms with van der Waals surface area (Å²) in [4.78, 5) is 11.0. The minimum Gasteiger partial charge on any atom is -0.481 e. The number of nitrogens with zero attached hydrogens (tertiary/aromatic N) is 2.